The van der Waals surface area contributed by atoms with Crippen molar-refractivity contribution in [2.24, 2.45) is 0 Å². The van der Waals surface area contributed by atoms with Gasteiger partial charge in [0.05, 0.1) is 13.2 Å². The topological polar surface area (TPSA) is 58.9 Å². The summed E-state index contributed by atoms with van der Waals surface area (Å²) in [7, 11) is 0. The summed E-state index contributed by atoms with van der Waals surface area (Å²) in [5.41, 5.74) is 0. The van der Waals surface area contributed by atoms with E-state index in [0.717, 1.165) is 0 Å². The summed E-state index contributed by atoms with van der Waals surface area (Å²) in [4.78, 5) is -0.987. The molecule has 0 aliphatic carbocycles. The van der Waals surface area contributed by atoms with E-state index in [9.17, 15) is 10.2 Å². The van der Waals surface area contributed by atoms with Gasteiger partial charge in [0.1, 0.15) is 18.3 Å². The summed E-state index contributed by atoms with van der Waals surface area (Å²) in [6.07, 6.45) is -1.89. The first kappa shape index (κ1) is 7.82. The monoisotopic (exact) mass is 178 g/mol. The first-order chi connectivity index (χ1) is 5.14. The Morgan fingerprint density at radius 2 is 2.09 bits per heavy atom. The van der Waals surface area contributed by atoms with Gasteiger partial charge in [0.2, 0.25) is 0 Å². The van der Waals surface area contributed by atoms with E-state index in [1.807, 2.05) is 0 Å². The molecule has 0 spiro atoms. The van der Waals surface area contributed by atoms with Gasteiger partial charge in [-0.25, -0.2) is 0 Å². The minimum atomic E-state index is -0.987. The first-order valence-corrected chi connectivity index (χ1v) is 3.93. The van der Waals surface area contributed by atoms with E-state index in [1.165, 1.54) is 0 Å². The number of aliphatic hydroxyl groups excluding tert-OH is 2. The van der Waals surface area contributed by atoms with Gasteiger partial charge in [-0.2, -0.15) is 0 Å². The summed E-state index contributed by atoms with van der Waals surface area (Å²) in [6, 6.07) is 0. The minimum absolute atomic E-state index is 0.186. The molecule has 4 nitrogen and oxygen atoms in total. The maximum absolute atomic E-state index is 9.34. The van der Waals surface area contributed by atoms with Crippen LogP contribution in [0.15, 0.2) is 0 Å². The average Bonchev–Trinajstić information content (AvgIpc) is 2.39. The minimum Gasteiger partial charge on any atom is -0.388 e. The Hall–Kier alpha value is 0.190. The third kappa shape index (κ3) is 0.925. The van der Waals surface area contributed by atoms with E-state index < -0.39 is 23.2 Å². The predicted octanol–water partition coefficient (Wildman–Crippen LogP) is -1.24. The Balaban J connectivity index is 2.23. The number of hydrogen-bond donors (Lipinski definition) is 3. The van der Waals surface area contributed by atoms with Crippen molar-refractivity contribution < 1.29 is 19.7 Å². The molecular formula is C6H10O4S. The molecule has 11 heavy (non-hydrogen) atoms. The van der Waals surface area contributed by atoms with Gasteiger partial charge in [0.15, 0.2) is 4.93 Å². The zero-order chi connectivity index (χ0) is 8.06. The number of aliphatic hydroxyl groups is 2. The fourth-order valence-electron chi connectivity index (χ4n) is 1.49. The molecule has 2 rings (SSSR count). The lowest BCUT2D eigenvalue weighted by Gasteiger charge is -2.23. The van der Waals surface area contributed by atoms with E-state index in [1.54, 1.807) is 0 Å². The second-order valence-corrected chi connectivity index (χ2v) is 3.60. The maximum Gasteiger partial charge on any atom is 0.167 e. The van der Waals surface area contributed by atoms with Crippen molar-refractivity contribution in [1.82, 2.24) is 0 Å². The molecular weight excluding hydrogens is 168 g/mol. The van der Waals surface area contributed by atoms with Gasteiger partial charge in [0, 0.05) is 0 Å². The first-order valence-electron chi connectivity index (χ1n) is 3.48. The highest BCUT2D eigenvalue weighted by Gasteiger charge is 2.57. The summed E-state index contributed by atoms with van der Waals surface area (Å²) in [6.45, 7) is 0.371. The fraction of sp³-hybridized carbons (Fsp3) is 1.00. The van der Waals surface area contributed by atoms with Gasteiger partial charge in [0.25, 0.3) is 0 Å². The molecule has 64 valence electrons. The SMILES string of the molecule is OC1CO[C@@]2(S)[C@@H](O)CO[C@@H]12. The molecule has 0 aromatic heterocycles. The molecule has 4 atom stereocenters. The van der Waals surface area contributed by atoms with Crippen LogP contribution in [-0.4, -0.2) is 46.7 Å². The molecule has 5 heteroatoms. The molecule has 0 aromatic rings. The summed E-state index contributed by atoms with van der Waals surface area (Å²) >= 11 is 4.14. The molecule has 2 aliphatic rings. The normalized spacial score (nSPS) is 56.5. The van der Waals surface area contributed by atoms with Gasteiger partial charge >= 0.3 is 0 Å². The molecule has 0 radical (unpaired) electrons. The largest absolute Gasteiger partial charge is 0.388 e. The summed E-state index contributed by atoms with van der Waals surface area (Å²) in [5, 5.41) is 18.6. The number of ether oxygens (including phenoxy) is 2. The highest BCUT2D eigenvalue weighted by atomic mass is 32.1. The van der Waals surface area contributed by atoms with Crippen LogP contribution in [0.4, 0.5) is 0 Å². The zero-order valence-corrected chi connectivity index (χ0v) is 6.70. The van der Waals surface area contributed by atoms with Gasteiger partial charge in [-0.05, 0) is 0 Å². The van der Waals surface area contributed by atoms with Crippen LogP contribution in [0.2, 0.25) is 0 Å². The van der Waals surface area contributed by atoms with Crippen LogP contribution in [-0.2, 0) is 9.47 Å². The molecule has 2 fully saturated rings. The predicted molar refractivity (Wildman–Crippen MR) is 39.4 cm³/mol. The molecule has 0 saturated carbocycles. The van der Waals surface area contributed by atoms with Crippen LogP contribution >= 0.6 is 12.6 Å². The summed E-state index contributed by atoms with van der Waals surface area (Å²) < 4.78 is 10.2. The van der Waals surface area contributed by atoms with Gasteiger partial charge in [-0.3, -0.25) is 0 Å². The van der Waals surface area contributed by atoms with Crippen molar-refractivity contribution in [2.45, 2.75) is 23.2 Å². The molecule has 1 unspecified atom stereocenters. The van der Waals surface area contributed by atoms with E-state index in [2.05, 4.69) is 12.6 Å². The molecule has 2 heterocycles. The molecule has 2 saturated heterocycles. The van der Waals surface area contributed by atoms with Crippen LogP contribution < -0.4 is 0 Å². The Bertz CT molecular complexity index is 176. The lowest BCUT2D eigenvalue weighted by molar-refractivity contribution is -0.00904. The van der Waals surface area contributed by atoms with E-state index in [4.69, 9.17) is 9.47 Å². The summed E-state index contributed by atoms with van der Waals surface area (Å²) in [5.74, 6) is 0. The third-order valence-electron chi connectivity index (χ3n) is 2.15. The second kappa shape index (κ2) is 2.34. The van der Waals surface area contributed by atoms with Crippen LogP contribution in [0.1, 0.15) is 0 Å². The number of hydrogen-bond acceptors (Lipinski definition) is 5. The third-order valence-corrected chi connectivity index (χ3v) is 2.84. The highest BCUT2D eigenvalue weighted by molar-refractivity contribution is 7.81. The molecule has 0 aromatic carbocycles. The van der Waals surface area contributed by atoms with Crippen molar-refractivity contribution in [3.05, 3.63) is 0 Å². The number of thiol groups is 1. The Morgan fingerprint density at radius 3 is 2.73 bits per heavy atom. The van der Waals surface area contributed by atoms with Crippen LogP contribution in [0.3, 0.4) is 0 Å². The zero-order valence-electron chi connectivity index (χ0n) is 5.80. The lowest BCUT2D eigenvalue weighted by Crippen LogP contribution is -2.41. The van der Waals surface area contributed by atoms with Crippen molar-refractivity contribution in [3.8, 4) is 0 Å². The van der Waals surface area contributed by atoms with Crippen molar-refractivity contribution in [3.63, 3.8) is 0 Å². The second-order valence-electron chi connectivity index (χ2n) is 2.90. The van der Waals surface area contributed by atoms with E-state index in [0.29, 0.717) is 0 Å². The molecule has 2 aliphatic heterocycles. The smallest absolute Gasteiger partial charge is 0.167 e. The van der Waals surface area contributed by atoms with Crippen LogP contribution in [0.25, 0.3) is 0 Å². The van der Waals surface area contributed by atoms with Gasteiger partial charge in [-0.15, -0.1) is 12.6 Å². The number of rotatable bonds is 0. The van der Waals surface area contributed by atoms with Crippen molar-refractivity contribution >= 4 is 12.6 Å². The average molecular weight is 178 g/mol. The fourth-order valence-corrected chi connectivity index (χ4v) is 1.89. The molecule has 2 N–H and O–H groups in total. The van der Waals surface area contributed by atoms with Crippen LogP contribution in [0, 0.1) is 0 Å². The molecule has 0 amide bonds. The maximum atomic E-state index is 9.34. The van der Waals surface area contributed by atoms with Crippen molar-refractivity contribution in [2.75, 3.05) is 13.2 Å². The highest BCUT2D eigenvalue weighted by Crippen LogP contribution is 2.40. The van der Waals surface area contributed by atoms with Gasteiger partial charge in [-0.1, -0.05) is 0 Å². The van der Waals surface area contributed by atoms with E-state index in [-0.39, 0.29) is 13.2 Å². The standard InChI is InChI=1S/C6H10O4S/c7-3-1-10-6(11)4(8)2-9-5(3)6/h3-5,7-8,11H,1-2H2/t3?,4-,5-,6+/m0/s1. The Kier molecular flexibility index (Phi) is 1.66. The molecule has 0 bridgehead atoms. The van der Waals surface area contributed by atoms with Gasteiger partial charge < -0.3 is 19.7 Å². The quantitative estimate of drug-likeness (QED) is 0.406. The lowest BCUT2D eigenvalue weighted by atomic mass is 10.1. The number of fused-ring (bicyclic) bond motifs is 1. The van der Waals surface area contributed by atoms with Crippen molar-refractivity contribution in [1.29, 1.82) is 0 Å². The Labute approximate surface area is 69.5 Å². The Morgan fingerprint density at radius 1 is 1.36 bits per heavy atom. The van der Waals surface area contributed by atoms with E-state index >= 15 is 0 Å². The van der Waals surface area contributed by atoms with Crippen LogP contribution in [0.5, 0.6) is 0 Å².